The van der Waals surface area contributed by atoms with E-state index in [9.17, 15) is 4.79 Å². The van der Waals surface area contributed by atoms with Crippen LogP contribution in [0.5, 0.6) is 0 Å². The molecule has 2 rings (SSSR count). The summed E-state index contributed by atoms with van der Waals surface area (Å²) in [4.78, 5) is 11.9. The second kappa shape index (κ2) is 4.18. The van der Waals surface area contributed by atoms with Crippen molar-refractivity contribution in [1.82, 2.24) is 0 Å². The molecule has 1 atom stereocenters. The molecular formula is C12H14BrNO2. The van der Waals surface area contributed by atoms with Crippen molar-refractivity contribution in [3.05, 3.63) is 33.8 Å². The molecule has 4 heteroatoms. The second-order valence-corrected chi connectivity index (χ2v) is 4.91. The van der Waals surface area contributed by atoms with Gasteiger partial charge in [-0.3, -0.25) is 0 Å². The Hall–Kier alpha value is -0.870. The number of carbonyl (C=O) groups is 1. The molecule has 0 unspecified atom stereocenters. The summed E-state index contributed by atoms with van der Waals surface area (Å²) >= 11 is 3.41. The third kappa shape index (κ3) is 1.76. The molecule has 0 saturated heterocycles. The Kier molecular flexibility index (Phi) is 3.04. The summed E-state index contributed by atoms with van der Waals surface area (Å²) < 4.78 is 6.05. The minimum atomic E-state index is -0.952. The number of fused-ring (bicyclic) bond motifs is 1. The molecule has 0 fully saturated rings. The van der Waals surface area contributed by atoms with Crippen LogP contribution in [-0.4, -0.2) is 12.6 Å². The first-order valence-corrected chi connectivity index (χ1v) is 6.12. The first-order valence-electron chi connectivity index (χ1n) is 5.33. The van der Waals surface area contributed by atoms with Gasteiger partial charge in [-0.05, 0) is 43.0 Å². The van der Waals surface area contributed by atoms with Crippen LogP contribution in [0.25, 0.3) is 0 Å². The van der Waals surface area contributed by atoms with Crippen LogP contribution in [0, 0.1) is 0 Å². The Morgan fingerprint density at radius 1 is 1.62 bits per heavy atom. The molecule has 2 N–H and O–H groups in total. The molecule has 0 bridgehead atoms. The molecule has 3 nitrogen and oxygen atoms in total. The monoisotopic (exact) mass is 283 g/mol. The van der Waals surface area contributed by atoms with Gasteiger partial charge in [0.05, 0.1) is 6.61 Å². The molecule has 16 heavy (non-hydrogen) atoms. The van der Waals surface area contributed by atoms with E-state index in [0.717, 1.165) is 22.0 Å². The first kappa shape index (κ1) is 11.6. The Balaban J connectivity index is 2.38. The molecule has 1 aromatic rings. The Morgan fingerprint density at radius 3 is 3.06 bits per heavy atom. The second-order valence-electron chi connectivity index (χ2n) is 3.99. The lowest BCUT2D eigenvalue weighted by Crippen LogP contribution is -2.44. The smallest absolute Gasteiger partial charge is 0.330 e. The van der Waals surface area contributed by atoms with Crippen molar-refractivity contribution >= 4 is 21.9 Å². The predicted molar refractivity (Wildman–Crippen MR) is 65.0 cm³/mol. The van der Waals surface area contributed by atoms with Gasteiger partial charge < -0.3 is 10.5 Å². The average Bonchev–Trinajstić information content (AvgIpc) is 2.58. The lowest BCUT2D eigenvalue weighted by molar-refractivity contribution is -0.150. The first-order chi connectivity index (χ1) is 7.58. The minimum absolute atomic E-state index is 0.323. The molecular weight excluding hydrogens is 270 g/mol. The van der Waals surface area contributed by atoms with Gasteiger partial charge >= 0.3 is 5.97 Å². The summed E-state index contributed by atoms with van der Waals surface area (Å²) in [6, 6.07) is 5.83. The summed E-state index contributed by atoms with van der Waals surface area (Å²) in [5, 5.41) is 0. The van der Waals surface area contributed by atoms with Gasteiger partial charge in [-0.2, -0.15) is 0 Å². The van der Waals surface area contributed by atoms with Crippen molar-refractivity contribution in [2.75, 3.05) is 6.61 Å². The van der Waals surface area contributed by atoms with E-state index in [2.05, 4.69) is 15.9 Å². The Labute approximate surface area is 103 Å². The van der Waals surface area contributed by atoms with Gasteiger partial charge in [0, 0.05) is 4.47 Å². The topological polar surface area (TPSA) is 52.3 Å². The van der Waals surface area contributed by atoms with E-state index in [4.69, 9.17) is 10.5 Å². The van der Waals surface area contributed by atoms with Crippen molar-refractivity contribution in [2.24, 2.45) is 5.73 Å². The maximum Gasteiger partial charge on any atom is 0.330 e. The number of nitrogens with two attached hydrogens (primary N) is 1. The number of hydrogen-bond donors (Lipinski definition) is 1. The zero-order chi connectivity index (χ0) is 11.8. The fourth-order valence-electron chi connectivity index (χ4n) is 2.14. The molecule has 1 aliphatic carbocycles. The lowest BCUT2D eigenvalue weighted by atomic mass is 9.93. The summed E-state index contributed by atoms with van der Waals surface area (Å²) in [5.74, 6) is -0.323. The summed E-state index contributed by atoms with van der Waals surface area (Å²) in [6.45, 7) is 2.16. The van der Waals surface area contributed by atoms with Crippen LogP contribution in [0.1, 0.15) is 24.5 Å². The zero-order valence-corrected chi connectivity index (χ0v) is 10.7. The Morgan fingerprint density at radius 2 is 2.38 bits per heavy atom. The van der Waals surface area contributed by atoms with Gasteiger partial charge in [0.1, 0.15) is 5.54 Å². The van der Waals surface area contributed by atoms with Gasteiger partial charge in [-0.1, -0.05) is 22.0 Å². The van der Waals surface area contributed by atoms with Gasteiger partial charge in [0.15, 0.2) is 0 Å². The fourth-order valence-corrected chi connectivity index (χ4v) is 2.55. The highest BCUT2D eigenvalue weighted by Crippen LogP contribution is 2.37. The fraction of sp³-hybridized carbons (Fsp3) is 0.417. The maximum absolute atomic E-state index is 11.9. The van der Waals surface area contributed by atoms with Crippen LogP contribution in [0.15, 0.2) is 22.7 Å². The summed E-state index contributed by atoms with van der Waals surface area (Å²) in [6.07, 6.45) is 1.45. The van der Waals surface area contributed by atoms with Crippen LogP contribution >= 0.6 is 15.9 Å². The molecule has 0 heterocycles. The molecule has 0 saturated carbocycles. The molecule has 1 aromatic carbocycles. The normalized spacial score (nSPS) is 22.9. The summed E-state index contributed by atoms with van der Waals surface area (Å²) in [7, 11) is 0. The maximum atomic E-state index is 11.9. The molecule has 0 aliphatic heterocycles. The number of benzene rings is 1. The molecule has 0 aromatic heterocycles. The average molecular weight is 284 g/mol. The van der Waals surface area contributed by atoms with Crippen LogP contribution in [0.4, 0.5) is 0 Å². The van der Waals surface area contributed by atoms with Gasteiger partial charge in [-0.25, -0.2) is 4.79 Å². The minimum Gasteiger partial charge on any atom is -0.464 e. The highest BCUT2D eigenvalue weighted by atomic mass is 79.9. The number of halogens is 1. The van der Waals surface area contributed by atoms with E-state index in [-0.39, 0.29) is 5.97 Å². The van der Waals surface area contributed by atoms with Gasteiger partial charge in [0.2, 0.25) is 0 Å². The highest BCUT2D eigenvalue weighted by molar-refractivity contribution is 9.10. The van der Waals surface area contributed by atoms with E-state index in [0.29, 0.717) is 13.0 Å². The largest absolute Gasteiger partial charge is 0.464 e. The molecule has 0 spiro atoms. The molecule has 86 valence electrons. The van der Waals surface area contributed by atoms with E-state index >= 15 is 0 Å². The predicted octanol–water partition coefficient (Wildman–Crippen LogP) is 2.11. The molecule has 0 radical (unpaired) electrons. The van der Waals surface area contributed by atoms with Crippen LogP contribution in [0.3, 0.4) is 0 Å². The number of esters is 1. The van der Waals surface area contributed by atoms with Crippen molar-refractivity contribution in [3.8, 4) is 0 Å². The number of ether oxygens (including phenoxy) is 1. The van der Waals surface area contributed by atoms with E-state index in [1.54, 1.807) is 6.92 Å². The third-order valence-corrected chi connectivity index (χ3v) is 3.47. The summed E-state index contributed by atoms with van der Waals surface area (Å²) in [5.41, 5.74) is 7.24. The standard InChI is InChI=1S/C12H14BrNO2/c1-2-16-11(15)12(14)6-5-8-7-9(13)3-4-10(8)12/h3-4,7H,2,5-6,14H2,1H3/t12-/m0/s1. The van der Waals surface area contributed by atoms with E-state index < -0.39 is 5.54 Å². The SMILES string of the molecule is CCOC(=O)[C@]1(N)CCc2cc(Br)ccc21. The quantitative estimate of drug-likeness (QED) is 0.846. The Bertz CT molecular complexity index is 433. The third-order valence-electron chi connectivity index (χ3n) is 2.98. The van der Waals surface area contributed by atoms with Gasteiger partial charge in [-0.15, -0.1) is 0 Å². The number of hydrogen-bond acceptors (Lipinski definition) is 3. The molecule has 0 amide bonds. The number of aryl methyl sites for hydroxylation is 1. The number of carbonyl (C=O) groups excluding carboxylic acids is 1. The van der Waals surface area contributed by atoms with E-state index in [1.807, 2.05) is 18.2 Å². The molecule has 1 aliphatic rings. The van der Waals surface area contributed by atoms with Crippen LogP contribution in [0.2, 0.25) is 0 Å². The van der Waals surface area contributed by atoms with Gasteiger partial charge in [0.25, 0.3) is 0 Å². The lowest BCUT2D eigenvalue weighted by Gasteiger charge is -2.22. The van der Waals surface area contributed by atoms with E-state index in [1.165, 1.54) is 0 Å². The highest BCUT2D eigenvalue weighted by Gasteiger charge is 2.43. The van der Waals surface area contributed by atoms with Crippen LogP contribution < -0.4 is 5.73 Å². The van der Waals surface area contributed by atoms with Crippen molar-refractivity contribution in [1.29, 1.82) is 0 Å². The number of rotatable bonds is 2. The van der Waals surface area contributed by atoms with Crippen LogP contribution in [-0.2, 0) is 21.5 Å². The zero-order valence-electron chi connectivity index (χ0n) is 9.13. The van der Waals surface area contributed by atoms with Crippen molar-refractivity contribution in [2.45, 2.75) is 25.3 Å². The van der Waals surface area contributed by atoms with Crippen molar-refractivity contribution in [3.63, 3.8) is 0 Å². The van der Waals surface area contributed by atoms with Crippen molar-refractivity contribution < 1.29 is 9.53 Å².